The van der Waals surface area contributed by atoms with E-state index in [1.54, 1.807) is 18.7 Å². The highest BCUT2D eigenvalue weighted by atomic mass is 16.6. The molecule has 8 nitrogen and oxygen atoms in total. The van der Waals surface area contributed by atoms with Crippen molar-refractivity contribution in [2.75, 3.05) is 0 Å². The lowest BCUT2D eigenvalue weighted by Crippen LogP contribution is -1.91. The van der Waals surface area contributed by atoms with Crippen LogP contribution in [0.4, 0.5) is 0 Å². The Morgan fingerprint density at radius 1 is 1.00 bits per heavy atom. The van der Waals surface area contributed by atoms with Crippen molar-refractivity contribution in [3.8, 4) is 11.4 Å². The van der Waals surface area contributed by atoms with Crippen LogP contribution in [0.5, 0.6) is 0 Å². The number of rotatable bonds is 1. The topological polar surface area (TPSA) is 95.7 Å². The maximum Gasteiger partial charge on any atom is 0.223 e. The van der Waals surface area contributed by atoms with E-state index in [0.717, 1.165) is 0 Å². The summed E-state index contributed by atoms with van der Waals surface area (Å²) in [6, 6.07) is 0. The summed E-state index contributed by atoms with van der Waals surface area (Å²) < 4.78 is 10.8. The summed E-state index contributed by atoms with van der Waals surface area (Å²) in [5.41, 5.74) is 2.88. The summed E-state index contributed by atoms with van der Waals surface area (Å²) in [7, 11) is 1.75. The van der Waals surface area contributed by atoms with Gasteiger partial charge >= 0.3 is 0 Å². The van der Waals surface area contributed by atoms with Crippen LogP contribution in [0, 0.1) is 6.92 Å². The minimum atomic E-state index is 0.552. The molecule has 0 atom stereocenters. The van der Waals surface area contributed by atoms with Crippen molar-refractivity contribution < 1.29 is 9.26 Å². The Labute approximate surface area is 82.8 Å². The first-order valence-corrected chi connectivity index (χ1v) is 4.22. The highest BCUT2D eigenvalue weighted by molar-refractivity contribution is 5.86. The Balaban J connectivity index is 2.36. The maximum atomic E-state index is 4.62. The van der Waals surface area contributed by atoms with Crippen molar-refractivity contribution in [1.82, 2.24) is 30.4 Å². The fraction of sp³-hybridized carbons (Fsp3) is 0.286. The first-order valence-electron chi connectivity index (χ1n) is 4.22. The van der Waals surface area contributed by atoms with Gasteiger partial charge in [0.2, 0.25) is 5.65 Å². The van der Waals surface area contributed by atoms with Crippen molar-refractivity contribution in [3.05, 3.63) is 5.69 Å². The Kier molecular flexibility index (Phi) is 1.42. The van der Waals surface area contributed by atoms with Gasteiger partial charge in [-0.3, -0.25) is 0 Å². The molecular weight excluding hydrogens is 200 g/mol. The minimum Gasteiger partial charge on any atom is -0.245 e. The quantitative estimate of drug-likeness (QED) is 0.565. The van der Waals surface area contributed by atoms with Crippen molar-refractivity contribution in [2.45, 2.75) is 6.92 Å². The Morgan fingerprint density at radius 3 is 2.53 bits per heavy atom. The van der Waals surface area contributed by atoms with Gasteiger partial charge < -0.3 is 0 Å². The molecule has 0 aliphatic rings. The van der Waals surface area contributed by atoms with E-state index in [9.17, 15) is 0 Å². The number of nitrogens with zero attached hydrogens (tertiary/aromatic N) is 6. The Bertz CT molecular complexity index is 620. The molecule has 3 rings (SSSR count). The van der Waals surface area contributed by atoms with E-state index in [4.69, 9.17) is 0 Å². The predicted octanol–water partition coefficient (Wildman–Crippen LogP) is 0.315. The van der Waals surface area contributed by atoms with E-state index in [1.807, 2.05) is 0 Å². The van der Waals surface area contributed by atoms with E-state index in [2.05, 4.69) is 35.0 Å². The zero-order valence-corrected chi connectivity index (χ0v) is 8.00. The molecule has 15 heavy (non-hydrogen) atoms. The average molecular weight is 206 g/mol. The summed E-state index contributed by atoms with van der Waals surface area (Å²) >= 11 is 0. The molecule has 8 heteroatoms. The molecule has 0 amide bonds. The molecule has 0 radical (unpaired) electrons. The summed E-state index contributed by atoms with van der Waals surface area (Å²) in [6.07, 6.45) is 0. The molecule has 76 valence electrons. The second kappa shape index (κ2) is 2.62. The molecule has 3 aromatic heterocycles. The van der Waals surface area contributed by atoms with Gasteiger partial charge in [0, 0.05) is 7.05 Å². The third kappa shape index (κ3) is 0.981. The van der Waals surface area contributed by atoms with Crippen molar-refractivity contribution in [2.24, 2.45) is 7.05 Å². The minimum absolute atomic E-state index is 0.552. The van der Waals surface area contributed by atoms with Gasteiger partial charge in [0.25, 0.3) is 0 Å². The molecule has 0 unspecified atom stereocenters. The lowest BCUT2D eigenvalue weighted by molar-refractivity contribution is 0.305. The van der Waals surface area contributed by atoms with Gasteiger partial charge in [-0.05, 0) is 22.4 Å². The molecule has 0 saturated carbocycles. The van der Waals surface area contributed by atoms with Gasteiger partial charge in [-0.2, -0.15) is 5.10 Å². The number of fused-ring (bicyclic) bond motifs is 1. The summed E-state index contributed by atoms with van der Waals surface area (Å²) in [4.78, 5) is 0. The molecule has 0 saturated heterocycles. The Morgan fingerprint density at radius 2 is 1.80 bits per heavy atom. The molecule has 0 aliphatic carbocycles. The van der Waals surface area contributed by atoms with Gasteiger partial charge in [-0.1, -0.05) is 5.16 Å². The van der Waals surface area contributed by atoms with Crippen LogP contribution in [0.3, 0.4) is 0 Å². The molecule has 0 N–H and O–H groups in total. The molecule has 0 fully saturated rings. The van der Waals surface area contributed by atoms with Crippen LogP contribution >= 0.6 is 0 Å². The average Bonchev–Trinajstić information content (AvgIpc) is 2.85. The third-order valence-electron chi connectivity index (χ3n) is 2.13. The van der Waals surface area contributed by atoms with Gasteiger partial charge in [0.15, 0.2) is 11.2 Å². The number of aromatic nitrogens is 6. The monoisotopic (exact) mass is 206 g/mol. The molecule has 0 spiro atoms. The molecule has 3 aromatic rings. The fourth-order valence-electron chi connectivity index (χ4n) is 1.40. The van der Waals surface area contributed by atoms with Crippen molar-refractivity contribution in [3.63, 3.8) is 0 Å². The van der Waals surface area contributed by atoms with Gasteiger partial charge in [0.1, 0.15) is 11.4 Å². The first-order chi connectivity index (χ1) is 7.27. The summed E-state index contributed by atoms with van der Waals surface area (Å²) in [5.74, 6) is 0. The van der Waals surface area contributed by atoms with Crippen LogP contribution in [0.2, 0.25) is 0 Å². The number of hydrogen-bond acceptors (Lipinski definition) is 7. The van der Waals surface area contributed by atoms with Crippen LogP contribution in [0.25, 0.3) is 22.6 Å². The van der Waals surface area contributed by atoms with Crippen LogP contribution in [-0.4, -0.2) is 30.4 Å². The van der Waals surface area contributed by atoms with Crippen LogP contribution in [0.1, 0.15) is 5.69 Å². The lowest BCUT2D eigenvalue weighted by Gasteiger charge is -1.87. The second-order valence-electron chi connectivity index (χ2n) is 3.11. The number of hydrogen-bond donors (Lipinski definition) is 0. The van der Waals surface area contributed by atoms with Gasteiger partial charge in [0.05, 0.1) is 0 Å². The lowest BCUT2D eigenvalue weighted by atomic mass is 10.2. The Hall–Kier alpha value is -2.25. The smallest absolute Gasteiger partial charge is 0.223 e. The maximum absolute atomic E-state index is 4.62. The first kappa shape index (κ1) is 8.09. The van der Waals surface area contributed by atoms with E-state index in [-0.39, 0.29) is 0 Å². The van der Waals surface area contributed by atoms with Gasteiger partial charge in [-0.25, -0.2) is 13.9 Å². The predicted molar refractivity (Wildman–Crippen MR) is 46.6 cm³/mol. The highest BCUT2D eigenvalue weighted by Crippen LogP contribution is 2.24. The molecular formula is C7H6N6O2. The third-order valence-corrected chi connectivity index (χ3v) is 2.13. The summed E-state index contributed by atoms with van der Waals surface area (Å²) in [5, 5.41) is 19.1. The molecule has 0 aromatic carbocycles. The second-order valence-corrected chi connectivity index (χ2v) is 3.11. The van der Waals surface area contributed by atoms with Crippen LogP contribution in [0.15, 0.2) is 9.26 Å². The SMILES string of the molecule is Cc1nonc1-c1nn(C)c2nonc12. The van der Waals surface area contributed by atoms with E-state index < -0.39 is 0 Å². The van der Waals surface area contributed by atoms with E-state index in [1.165, 1.54) is 0 Å². The van der Waals surface area contributed by atoms with Crippen molar-refractivity contribution >= 4 is 11.2 Å². The normalized spacial score (nSPS) is 11.3. The molecule has 0 aliphatic heterocycles. The highest BCUT2D eigenvalue weighted by Gasteiger charge is 2.20. The van der Waals surface area contributed by atoms with Crippen LogP contribution in [-0.2, 0) is 7.05 Å². The zero-order chi connectivity index (χ0) is 10.4. The molecule has 0 bridgehead atoms. The van der Waals surface area contributed by atoms with Crippen molar-refractivity contribution in [1.29, 1.82) is 0 Å². The zero-order valence-electron chi connectivity index (χ0n) is 8.00. The summed E-state index contributed by atoms with van der Waals surface area (Å²) in [6.45, 7) is 1.78. The molecule has 3 heterocycles. The van der Waals surface area contributed by atoms with E-state index in [0.29, 0.717) is 28.2 Å². The van der Waals surface area contributed by atoms with Gasteiger partial charge in [-0.15, -0.1) is 0 Å². The fourth-order valence-corrected chi connectivity index (χ4v) is 1.40. The van der Waals surface area contributed by atoms with E-state index >= 15 is 0 Å². The largest absolute Gasteiger partial charge is 0.245 e. The number of aryl methyl sites for hydroxylation is 2. The van der Waals surface area contributed by atoms with Crippen LogP contribution < -0.4 is 0 Å². The standard InChI is InChI=1S/C7H6N6O2/c1-3-4(10-14-9-3)5-6-7(12-15-11-6)13(2)8-5/h1-2H3.